The number of nitrogens with two attached hydrogens (primary N) is 1. The quantitative estimate of drug-likeness (QED) is 0.534. The lowest BCUT2D eigenvalue weighted by Crippen LogP contribution is -2.45. The van der Waals surface area contributed by atoms with E-state index in [9.17, 15) is 4.79 Å². The van der Waals surface area contributed by atoms with E-state index in [-0.39, 0.29) is 5.60 Å². The Hall–Kier alpha value is -1.97. The predicted octanol–water partition coefficient (Wildman–Crippen LogP) is 5.20. The third kappa shape index (κ3) is 4.31. The van der Waals surface area contributed by atoms with Gasteiger partial charge >= 0.3 is 6.03 Å². The van der Waals surface area contributed by atoms with E-state index in [1.165, 1.54) is 36.0 Å². The number of hydrogen-bond acceptors (Lipinski definition) is 2. The molecule has 0 aromatic heterocycles. The van der Waals surface area contributed by atoms with Crippen LogP contribution in [0.4, 0.5) is 4.79 Å². The molecule has 3 rings (SSSR count). The Bertz CT molecular complexity index is 736. The van der Waals surface area contributed by atoms with Gasteiger partial charge < -0.3 is 15.8 Å². The third-order valence-electron chi connectivity index (χ3n) is 6.16. The summed E-state index contributed by atoms with van der Waals surface area (Å²) in [5.74, 6) is 1.78. The average Bonchev–Trinajstić information content (AvgIpc) is 2.58. The molecule has 0 spiro atoms. The minimum Gasteiger partial charge on any atom is -0.487 e. The summed E-state index contributed by atoms with van der Waals surface area (Å²) in [6.45, 7) is 9.33. The van der Waals surface area contributed by atoms with Gasteiger partial charge in [-0.15, -0.1) is 0 Å². The van der Waals surface area contributed by atoms with E-state index in [0.717, 1.165) is 30.6 Å². The van der Waals surface area contributed by atoms with E-state index in [2.05, 4.69) is 51.2 Å². The fourth-order valence-electron chi connectivity index (χ4n) is 4.75. The van der Waals surface area contributed by atoms with Crippen LogP contribution in [0.2, 0.25) is 0 Å². The topological polar surface area (TPSA) is 64.3 Å². The maximum absolute atomic E-state index is 11.3. The molecule has 2 amide bonds. The van der Waals surface area contributed by atoms with Gasteiger partial charge in [0.05, 0.1) is 0 Å². The molecule has 2 aliphatic rings. The predicted molar refractivity (Wildman–Crippen MR) is 110 cm³/mol. The molecule has 4 heteroatoms. The first-order valence-corrected chi connectivity index (χ1v) is 10.4. The minimum absolute atomic E-state index is 0.189. The second kappa shape index (κ2) is 7.95. The van der Waals surface area contributed by atoms with Crippen LogP contribution >= 0.6 is 0 Å². The molecule has 0 saturated carbocycles. The van der Waals surface area contributed by atoms with E-state index in [0.29, 0.717) is 18.4 Å². The van der Waals surface area contributed by atoms with E-state index < -0.39 is 6.03 Å². The molecule has 1 aliphatic carbocycles. The largest absolute Gasteiger partial charge is 0.487 e. The number of rotatable bonds is 6. The maximum Gasteiger partial charge on any atom is 0.312 e. The highest BCUT2D eigenvalue weighted by Gasteiger charge is 2.44. The van der Waals surface area contributed by atoms with E-state index in [4.69, 9.17) is 10.5 Å². The fourth-order valence-corrected chi connectivity index (χ4v) is 4.75. The molecule has 148 valence electrons. The minimum atomic E-state index is -0.482. The van der Waals surface area contributed by atoms with Crippen molar-refractivity contribution in [3.8, 4) is 5.75 Å². The van der Waals surface area contributed by atoms with Crippen LogP contribution in [-0.4, -0.2) is 11.6 Å². The second-order valence-electron chi connectivity index (χ2n) is 8.73. The normalized spacial score (nSPS) is 22.9. The number of carbonyl (C=O) groups excluding carboxylic acids is 1. The number of unbranched alkanes of at least 4 members (excludes halogenated alkanes) is 2. The number of fused-ring (bicyclic) bond motifs is 3. The molecule has 0 fully saturated rings. The molecule has 1 heterocycles. The highest BCUT2D eigenvalue weighted by molar-refractivity contribution is 5.71. The van der Waals surface area contributed by atoms with Gasteiger partial charge in [-0.25, -0.2) is 4.79 Å². The zero-order valence-corrected chi connectivity index (χ0v) is 17.2. The second-order valence-corrected chi connectivity index (χ2v) is 8.73. The van der Waals surface area contributed by atoms with Gasteiger partial charge in [-0.05, 0) is 63.6 Å². The smallest absolute Gasteiger partial charge is 0.312 e. The number of amides is 2. The fraction of sp³-hybridized carbons (Fsp3) is 0.609. The summed E-state index contributed by atoms with van der Waals surface area (Å²) in [4.78, 5) is 11.3. The summed E-state index contributed by atoms with van der Waals surface area (Å²) in [5, 5.41) is 2.80. The van der Waals surface area contributed by atoms with Gasteiger partial charge in [0.15, 0.2) is 0 Å². The monoisotopic (exact) mass is 370 g/mol. The van der Waals surface area contributed by atoms with E-state index in [1.807, 2.05) is 0 Å². The molecular formula is C23H34N2O2. The first kappa shape index (κ1) is 19.8. The highest BCUT2D eigenvalue weighted by Crippen LogP contribution is 2.51. The Morgan fingerprint density at radius 2 is 2.11 bits per heavy atom. The van der Waals surface area contributed by atoms with Crippen LogP contribution in [0.3, 0.4) is 0 Å². The Morgan fingerprint density at radius 1 is 1.33 bits per heavy atom. The lowest BCUT2D eigenvalue weighted by Gasteiger charge is -2.47. The van der Waals surface area contributed by atoms with Crippen LogP contribution < -0.4 is 15.8 Å². The molecule has 4 nitrogen and oxygen atoms in total. The molecule has 1 aromatic rings. The number of primary amides is 1. The zero-order chi connectivity index (χ0) is 19.6. The van der Waals surface area contributed by atoms with Crippen molar-refractivity contribution in [2.45, 2.75) is 84.3 Å². The number of hydrogen-bond donors (Lipinski definition) is 2. The van der Waals surface area contributed by atoms with Crippen molar-refractivity contribution in [3.05, 3.63) is 40.5 Å². The number of allylic oxidation sites excluding steroid dienone is 2. The Kier molecular flexibility index (Phi) is 5.83. The summed E-state index contributed by atoms with van der Waals surface area (Å²) < 4.78 is 6.55. The molecular weight excluding hydrogens is 336 g/mol. The zero-order valence-electron chi connectivity index (χ0n) is 17.2. The summed E-state index contributed by atoms with van der Waals surface area (Å²) >= 11 is 0. The van der Waals surface area contributed by atoms with Crippen molar-refractivity contribution in [2.24, 2.45) is 11.7 Å². The van der Waals surface area contributed by atoms with Crippen molar-refractivity contribution < 1.29 is 9.53 Å². The van der Waals surface area contributed by atoms with Crippen molar-refractivity contribution in [1.82, 2.24) is 5.32 Å². The molecule has 1 aromatic carbocycles. The lowest BCUT2D eigenvalue weighted by molar-refractivity contribution is 0.0112. The van der Waals surface area contributed by atoms with Gasteiger partial charge in [0.2, 0.25) is 0 Å². The standard InChI is InChI=1S/C23H34N2O2/c1-5-6-7-8-16-12-17(14-25-22(24)26)21-18-11-15(2)9-10-19(18)23(3,4)27-20(21)13-16/h11-13,18-19H,5-10,14H2,1-4H3,(H3,24,25,26)/t18-,19-/m1/s1. The first-order valence-electron chi connectivity index (χ1n) is 10.4. The van der Waals surface area contributed by atoms with Crippen LogP contribution in [0.15, 0.2) is 23.8 Å². The van der Waals surface area contributed by atoms with Gasteiger partial charge in [0.25, 0.3) is 0 Å². The molecule has 27 heavy (non-hydrogen) atoms. The Balaban J connectivity index is 2.04. The molecule has 0 unspecified atom stereocenters. The van der Waals surface area contributed by atoms with E-state index in [1.54, 1.807) is 0 Å². The molecule has 0 radical (unpaired) electrons. The maximum atomic E-state index is 11.3. The van der Waals surface area contributed by atoms with Gasteiger partial charge in [0.1, 0.15) is 11.4 Å². The SMILES string of the molecule is CCCCCc1cc(CNC(N)=O)c2c(c1)OC(C)(C)[C@@H]1CCC(C)=C[C@@H]21. The van der Waals surface area contributed by atoms with Gasteiger partial charge in [-0.1, -0.05) is 37.5 Å². The molecule has 1 aliphatic heterocycles. The summed E-state index contributed by atoms with van der Waals surface area (Å²) in [7, 11) is 0. The average molecular weight is 371 g/mol. The number of carbonyl (C=O) groups is 1. The van der Waals surface area contributed by atoms with Crippen LogP contribution in [0.1, 0.15) is 82.4 Å². The Labute approximate surface area is 163 Å². The van der Waals surface area contributed by atoms with Crippen LogP contribution in [0.25, 0.3) is 0 Å². The number of aryl methyl sites for hydroxylation is 1. The molecule has 3 N–H and O–H groups in total. The van der Waals surface area contributed by atoms with Crippen LogP contribution in [0.5, 0.6) is 5.75 Å². The summed E-state index contributed by atoms with van der Waals surface area (Å²) in [6.07, 6.45) is 9.34. The third-order valence-corrected chi connectivity index (χ3v) is 6.16. The van der Waals surface area contributed by atoms with Crippen molar-refractivity contribution in [3.63, 3.8) is 0 Å². The number of nitrogens with one attached hydrogen (secondary N) is 1. The Morgan fingerprint density at radius 3 is 2.81 bits per heavy atom. The van der Waals surface area contributed by atoms with Crippen LogP contribution in [0, 0.1) is 5.92 Å². The first-order chi connectivity index (χ1) is 12.8. The van der Waals surface area contributed by atoms with Crippen molar-refractivity contribution in [1.29, 1.82) is 0 Å². The van der Waals surface area contributed by atoms with Crippen molar-refractivity contribution >= 4 is 6.03 Å². The lowest BCUT2D eigenvalue weighted by atomic mass is 9.67. The molecule has 0 saturated heterocycles. The van der Waals surface area contributed by atoms with E-state index >= 15 is 0 Å². The molecule has 0 bridgehead atoms. The van der Waals surface area contributed by atoms with Crippen molar-refractivity contribution in [2.75, 3.05) is 0 Å². The summed E-state index contributed by atoms with van der Waals surface area (Å²) in [6, 6.07) is 4.00. The molecule has 2 atom stereocenters. The van der Waals surface area contributed by atoms with Gasteiger partial charge in [-0.3, -0.25) is 0 Å². The van der Waals surface area contributed by atoms with Crippen LogP contribution in [-0.2, 0) is 13.0 Å². The number of ether oxygens (including phenoxy) is 1. The number of urea groups is 1. The van der Waals surface area contributed by atoms with Gasteiger partial charge in [-0.2, -0.15) is 0 Å². The van der Waals surface area contributed by atoms with Gasteiger partial charge in [0, 0.05) is 23.9 Å². The highest BCUT2D eigenvalue weighted by atomic mass is 16.5. The number of benzene rings is 1. The summed E-state index contributed by atoms with van der Waals surface area (Å²) in [5.41, 5.74) is 10.3.